The van der Waals surface area contributed by atoms with E-state index in [9.17, 15) is 9.90 Å². The van der Waals surface area contributed by atoms with Gasteiger partial charge in [-0.25, -0.2) is 4.79 Å². The van der Waals surface area contributed by atoms with Gasteiger partial charge in [-0.15, -0.1) is 0 Å². The third-order valence-electron chi connectivity index (χ3n) is 4.10. The predicted molar refractivity (Wildman–Crippen MR) is 77.2 cm³/mol. The van der Waals surface area contributed by atoms with Crippen LogP contribution in [0.5, 0.6) is 0 Å². The van der Waals surface area contributed by atoms with E-state index in [1.54, 1.807) is 6.07 Å². The molecule has 0 bridgehead atoms. The van der Waals surface area contributed by atoms with Gasteiger partial charge in [-0.3, -0.25) is 4.98 Å². The maximum Gasteiger partial charge on any atom is 0.335 e. The van der Waals surface area contributed by atoms with Crippen LogP contribution in [0.2, 0.25) is 0 Å². The van der Waals surface area contributed by atoms with Crippen molar-refractivity contribution in [1.82, 2.24) is 4.98 Å². The van der Waals surface area contributed by atoms with Crippen molar-refractivity contribution < 1.29 is 9.90 Å². The maximum absolute atomic E-state index is 11.2. The van der Waals surface area contributed by atoms with E-state index in [1.807, 2.05) is 31.3 Å². The van der Waals surface area contributed by atoms with Crippen LogP contribution in [-0.4, -0.2) is 16.1 Å². The van der Waals surface area contributed by atoms with Crippen LogP contribution >= 0.6 is 0 Å². The van der Waals surface area contributed by atoms with E-state index in [0.29, 0.717) is 5.56 Å². The average Bonchev–Trinajstić information content (AvgIpc) is 2.47. The zero-order valence-electron chi connectivity index (χ0n) is 11.5. The molecule has 1 heterocycles. The molecule has 1 N–H and O–H groups in total. The standard InChI is InChI=1S/C17H17NO2/c1-11-7-8-13(17(19)20)10-15(11)14-6-2-4-12-5-3-9-18-16(12)14/h3,5,7-10,14H,2,4,6H2,1H3,(H,19,20). The Bertz CT molecular complexity index is 664. The van der Waals surface area contributed by atoms with Gasteiger partial charge in [-0.1, -0.05) is 12.1 Å². The number of aryl methyl sites for hydroxylation is 2. The monoisotopic (exact) mass is 267 g/mol. The lowest BCUT2D eigenvalue weighted by Crippen LogP contribution is -2.14. The highest BCUT2D eigenvalue weighted by Crippen LogP contribution is 2.36. The normalized spacial score (nSPS) is 17.6. The number of fused-ring (bicyclic) bond motifs is 1. The summed E-state index contributed by atoms with van der Waals surface area (Å²) >= 11 is 0. The van der Waals surface area contributed by atoms with Crippen LogP contribution in [-0.2, 0) is 6.42 Å². The van der Waals surface area contributed by atoms with Gasteiger partial charge in [-0.2, -0.15) is 0 Å². The van der Waals surface area contributed by atoms with Crippen LogP contribution < -0.4 is 0 Å². The van der Waals surface area contributed by atoms with Crippen molar-refractivity contribution in [1.29, 1.82) is 0 Å². The van der Waals surface area contributed by atoms with Crippen molar-refractivity contribution >= 4 is 5.97 Å². The molecule has 3 rings (SSSR count). The second-order valence-corrected chi connectivity index (χ2v) is 5.37. The lowest BCUT2D eigenvalue weighted by atomic mass is 9.80. The van der Waals surface area contributed by atoms with Crippen molar-refractivity contribution in [2.45, 2.75) is 32.1 Å². The van der Waals surface area contributed by atoms with E-state index in [-0.39, 0.29) is 5.92 Å². The van der Waals surface area contributed by atoms with Crippen molar-refractivity contribution in [3.63, 3.8) is 0 Å². The molecule has 3 nitrogen and oxygen atoms in total. The number of aromatic carboxylic acids is 1. The van der Waals surface area contributed by atoms with Gasteiger partial charge in [0.2, 0.25) is 0 Å². The van der Waals surface area contributed by atoms with E-state index in [1.165, 1.54) is 5.56 Å². The predicted octanol–water partition coefficient (Wildman–Crippen LogP) is 3.56. The molecule has 0 amide bonds. The van der Waals surface area contributed by atoms with Gasteiger partial charge in [0.25, 0.3) is 0 Å². The second kappa shape index (κ2) is 5.08. The average molecular weight is 267 g/mol. The highest BCUT2D eigenvalue weighted by Gasteiger charge is 2.24. The fraction of sp³-hybridized carbons (Fsp3) is 0.294. The molecule has 1 aliphatic carbocycles. The molecule has 20 heavy (non-hydrogen) atoms. The molecule has 0 saturated heterocycles. The Labute approximate surface area is 118 Å². The number of carboxylic acids is 1. The first kappa shape index (κ1) is 12.9. The Kier molecular flexibility index (Phi) is 3.26. The Morgan fingerprint density at radius 2 is 2.20 bits per heavy atom. The zero-order valence-corrected chi connectivity index (χ0v) is 11.5. The zero-order chi connectivity index (χ0) is 14.1. The van der Waals surface area contributed by atoms with Gasteiger partial charge in [-0.05, 0) is 61.1 Å². The smallest absolute Gasteiger partial charge is 0.335 e. The largest absolute Gasteiger partial charge is 0.478 e. The molecular formula is C17H17NO2. The molecule has 1 aliphatic rings. The minimum absolute atomic E-state index is 0.222. The minimum Gasteiger partial charge on any atom is -0.478 e. The van der Waals surface area contributed by atoms with Gasteiger partial charge in [0.15, 0.2) is 0 Å². The topological polar surface area (TPSA) is 50.2 Å². The summed E-state index contributed by atoms with van der Waals surface area (Å²) in [7, 11) is 0. The number of hydrogen-bond donors (Lipinski definition) is 1. The molecule has 1 aromatic carbocycles. The van der Waals surface area contributed by atoms with E-state index < -0.39 is 5.97 Å². The summed E-state index contributed by atoms with van der Waals surface area (Å²) in [5.41, 5.74) is 5.00. The lowest BCUT2D eigenvalue weighted by Gasteiger charge is -2.26. The molecule has 2 aromatic rings. The van der Waals surface area contributed by atoms with Crippen LogP contribution in [0.4, 0.5) is 0 Å². The van der Waals surface area contributed by atoms with Crippen LogP contribution in [0.1, 0.15) is 51.5 Å². The fourth-order valence-electron chi connectivity index (χ4n) is 3.06. The number of rotatable bonds is 2. The van der Waals surface area contributed by atoms with E-state index in [2.05, 4.69) is 11.1 Å². The number of pyridine rings is 1. The summed E-state index contributed by atoms with van der Waals surface area (Å²) in [5, 5.41) is 9.18. The summed E-state index contributed by atoms with van der Waals surface area (Å²) in [5.74, 6) is -0.650. The first-order valence-corrected chi connectivity index (χ1v) is 6.94. The Morgan fingerprint density at radius 3 is 3.00 bits per heavy atom. The molecule has 0 radical (unpaired) electrons. The van der Waals surface area contributed by atoms with E-state index in [0.717, 1.165) is 36.1 Å². The van der Waals surface area contributed by atoms with Gasteiger partial charge in [0, 0.05) is 12.1 Å². The molecule has 102 valence electrons. The van der Waals surface area contributed by atoms with Crippen molar-refractivity contribution in [3.05, 3.63) is 64.5 Å². The summed E-state index contributed by atoms with van der Waals surface area (Å²) < 4.78 is 0. The Morgan fingerprint density at radius 1 is 1.35 bits per heavy atom. The van der Waals surface area contributed by atoms with E-state index in [4.69, 9.17) is 0 Å². The molecule has 1 atom stereocenters. The summed E-state index contributed by atoms with van der Waals surface area (Å²) in [6.07, 6.45) is 5.05. The Balaban J connectivity index is 2.10. The quantitative estimate of drug-likeness (QED) is 0.905. The third-order valence-corrected chi connectivity index (χ3v) is 4.10. The van der Waals surface area contributed by atoms with Gasteiger partial charge >= 0.3 is 5.97 Å². The fourth-order valence-corrected chi connectivity index (χ4v) is 3.06. The molecule has 1 aromatic heterocycles. The van der Waals surface area contributed by atoms with Gasteiger partial charge in [0.1, 0.15) is 0 Å². The van der Waals surface area contributed by atoms with Crippen LogP contribution in [0, 0.1) is 6.92 Å². The lowest BCUT2D eigenvalue weighted by molar-refractivity contribution is 0.0696. The van der Waals surface area contributed by atoms with Gasteiger partial charge in [0.05, 0.1) is 11.3 Å². The van der Waals surface area contributed by atoms with Crippen molar-refractivity contribution in [3.8, 4) is 0 Å². The molecule has 3 heteroatoms. The Hall–Kier alpha value is -2.16. The molecule has 1 unspecified atom stereocenters. The highest BCUT2D eigenvalue weighted by atomic mass is 16.4. The number of hydrogen-bond acceptors (Lipinski definition) is 2. The number of carboxylic acid groups (broad SMARTS) is 1. The summed E-state index contributed by atoms with van der Waals surface area (Å²) in [6, 6.07) is 9.48. The van der Waals surface area contributed by atoms with Crippen molar-refractivity contribution in [2.75, 3.05) is 0 Å². The summed E-state index contributed by atoms with van der Waals surface area (Å²) in [6.45, 7) is 2.04. The first-order chi connectivity index (χ1) is 9.66. The van der Waals surface area contributed by atoms with Crippen LogP contribution in [0.3, 0.4) is 0 Å². The molecular weight excluding hydrogens is 250 g/mol. The van der Waals surface area contributed by atoms with E-state index >= 15 is 0 Å². The molecule has 0 fully saturated rings. The maximum atomic E-state index is 11.2. The van der Waals surface area contributed by atoms with Crippen LogP contribution in [0.25, 0.3) is 0 Å². The highest BCUT2D eigenvalue weighted by molar-refractivity contribution is 5.88. The minimum atomic E-state index is -0.872. The van der Waals surface area contributed by atoms with Crippen LogP contribution in [0.15, 0.2) is 36.5 Å². The first-order valence-electron chi connectivity index (χ1n) is 6.94. The second-order valence-electron chi connectivity index (χ2n) is 5.37. The number of carbonyl (C=O) groups is 1. The number of aromatic nitrogens is 1. The third kappa shape index (κ3) is 2.20. The molecule has 0 saturated carbocycles. The van der Waals surface area contributed by atoms with Gasteiger partial charge < -0.3 is 5.11 Å². The SMILES string of the molecule is Cc1ccc(C(=O)O)cc1C1CCCc2cccnc21. The molecule has 0 aliphatic heterocycles. The number of benzene rings is 1. The van der Waals surface area contributed by atoms with Crippen molar-refractivity contribution in [2.24, 2.45) is 0 Å². The summed E-state index contributed by atoms with van der Waals surface area (Å²) in [4.78, 5) is 15.7. The number of nitrogens with zero attached hydrogens (tertiary/aromatic N) is 1. The molecule has 0 spiro atoms.